The number of ketones is 1. The van der Waals surface area contributed by atoms with E-state index < -0.39 is 28.4 Å². The molecule has 2 N–H and O–H groups in total. The van der Waals surface area contributed by atoms with Crippen LogP contribution in [0, 0.1) is 39.3 Å². The van der Waals surface area contributed by atoms with Crippen molar-refractivity contribution in [3.8, 4) is 0 Å². The molecule has 4 fully saturated rings. The molecule has 1 aromatic rings. The number of β-amino-alcohol motifs (C(OH)–C–C–N with tert-alkyl or cyclic N) is 1. The fourth-order valence-electron chi connectivity index (χ4n) is 10.7. The number of hydrogen-bond acceptors (Lipinski definition) is 5. The molecule has 2 bridgehead atoms. The highest BCUT2D eigenvalue weighted by Crippen LogP contribution is 2.78. The van der Waals surface area contributed by atoms with Crippen molar-refractivity contribution in [1.82, 2.24) is 4.90 Å². The van der Waals surface area contributed by atoms with Crippen LogP contribution in [0.5, 0.6) is 0 Å². The normalized spacial score (nSPS) is 45.1. The highest BCUT2D eigenvalue weighted by atomic mass is 35.5. The number of Topliss-reactive ketones (excluding diaryl/α,β-unsaturated/α-hetero) is 1. The Balaban J connectivity index is 1.33. The second kappa shape index (κ2) is 9.46. The lowest BCUT2D eigenvalue weighted by Crippen LogP contribution is -2.67. The number of allylic oxidation sites excluding steroid dienone is 4. The van der Waals surface area contributed by atoms with Gasteiger partial charge >= 0.3 is 0 Å². The molecule has 1 aromatic carbocycles. The Bertz CT molecular complexity index is 1310. The average molecular weight is 584 g/mol. The number of rotatable bonds is 5. The van der Waals surface area contributed by atoms with E-state index in [1.807, 2.05) is 0 Å². The van der Waals surface area contributed by atoms with Gasteiger partial charge in [-0.25, -0.2) is 4.39 Å². The Labute approximate surface area is 247 Å². The van der Waals surface area contributed by atoms with E-state index in [1.54, 1.807) is 12.1 Å². The SMILES string of the molecule is CC12CCC(O)CC13C=CC1(C(C(=O)Cc4c(F)cccc4Cl)=C3)C2CCC2(C)C1CCC2(O)CN1CCOCC1. The van der Waals surface area contributed by atoms with Crippen LogP contribution >= 0.6 is 11.6 Å². The predicted molar refractivity (Wildman–Crippen MR) is 156 cm³/mol. The van der Waals surface area contributed by atoms with Gasteiger partial charge < -0.3 is 14.9 Å². The first-order valence-electron chi connectivity index (χ1n) is 15.6. The van der Waals surface area contributed by atoms with Crippen molar-refractivity contribution >= 4 is 17.4 Å². The molecule has 8 atom stereocenters. The number of ether oxygens (including phenoxy) is 1. The Morgan fingerprint density at radius 3 is 2.54 bits per heavy atom. The fraction of sp³-hybridized carbons (Fsp3) is 0.676. The van der Waals surface area contributed by atoms with Crippen molar-refractivity contribution in [1.29, 1.82) is 0 Å². The summed E-state index contributed by atoms with van der Waals surface area (Å²) in [4.78, 5) is 16.8. The van der Waals surface area contributed by atoms with Crippen LogP contribution in [0.2, 0.25) is 5.02 Å². The molecular weight excluding hydrogens is 541 g/mol. The van der Waals surface area contributed by atoms with E-state index in [-0.39, 0.29) is 45.5 Å². The van der Waals surface area contributed by atoms with Crippen molar-refractivity contribution < 1.29 is 24.1 Å². The van der Waals surface area contributed by atoms with Gasteiger partial charge in [0.2, 0.25) is 0 Å². The Morgan fingerprint density at radius 2 is 1.78 bits per heavy atom. The van der Waals surface area contributed by atoms with Crippen molar-refractivity contribution in [2.75, 3.05) is 32.8 Å². The highest BCUT2D eigenvalue weighted by Gasteiger charge is 2.74. The minimum absolute atomic E-state index is 0.0827. The molecule has 2 spiro atoms. The fourth-order valence-corrected chi connectivity index (χ4v) is 11.0. The van der Waals surface area contributed by atoms with Gasteiger partial charge in [0, 0.05) is 58.5 Å². The average Bonchev–Trinajstić information content (AvgIpc) is 3.21. The quantitative estimate of drug-likeness (QED) is 0.447. The van der Waals surface area contributed by atoms with Gasteiger partial charge in [-0.1, -0.05) is 49.7 Å². The van der Waals surface area contributed by atoms with Gasteiger partial charge in [0.25, 0.3) is 0 Å². The molecule has 8 unspecified atom stereocenters. The summed E-state index contributed by atoms with van der Waals surface area (Å²) < 4.78 is 20.5. The summed E-state index contributed by atoms with van der Waals surface area (Å²) in [7, 11) is 0. The zero-order valence-corrected chi connectivity index (χ0v) is 25.1. The number of aliphatic hydroxyl groups excluding tert-OH is 1. The van der Waals surface area contributed by atoms with Crippen LogP contribution in [0.4, 0.5) is 4.39 Å². The van der Waals surface area contributed by atoms with Crippen LogP contribution in [0.25, 0.3) is 0 Å². The summed E-state index contributed by atoms with van der Waals surface area (Å²) in [5, 5.41) is 23.6. The van der Waals surface area contributed by atoms with Crippen molar-refractivity contribution in [3.05, 3.63) is 58.4 Å². The lowest BCUT2D eigenvalue weighted by atomic mass is 9.32. The van der Waals surface area contributed by atoms with Crippen LogP contribution in [0.3, 0.4) is 0 Å². The number of carbonyl (C=O) groups excluding carboxylic acids is 1. The predicted octanol–water partition coefficient (Wildman–Crippen LogP) is 5.51. The molecular formula is C34H43ClFNO4. The molecule has 3 saturated carbocycles. The summed E-state index contributed by atoms with van der Waals surface area (Å²) in [6.07, 6.45) is 12.0. The summed E-state index contributed by atoms with van der Waals surface area (Å²) in [5.74, 6) is -0.233. The highest BCUT2D eigenvalue weighted by molar-refractivity contribution is 6.31. The van der Waals surface area contributed by atoms with Gasteiger partial charge in [-0.05, 0) is 74.3 Å². The second-order valence-corrected chi connectivity index (χ2v) is 14.9. The monoisotopic (exact) mass is 583 g/mol. The van der Waals surface area contributed by atoms with Gasteiger partial charge in [-0.2, -0.15) is 0 Å². The molecule has 7 heteroatoms. The van der Waals surface area contributed by atoms with E-state index in [1.165, 1.54) is 6.07 Å². The topological polar surface area (TPSA) is 70.0 Å². The molecule has 222 valence electrons. The molecule has 8 rings (SSSR count). The smallest absolute Gasteiger partial charge is 0.164 e. The largest absolute Gasteiger partial charge is 0.393 e. The van der Waals surface area contributed by atoms with Crippen molar-refractivity contribution in [2.24, 2.45) is 33.5 Å². The third-order valence-electron chi connectivity index (χ3n) is 13.0. The van der Waals surface area contributed by atoms with Gasteiger partial charge in [0.1, 0.15) is 5.82 Å². The van der Waals surface area contributed by atoms with Crippen molar-refractivity contribution in [2.45, 2.75) is 76.9 Å². The molecule has 0 radical (unpaired) electrons. The molecule has 6 aliphatic carbocycles. The van der Waals surface area contributed by atoms with Crippen molar-refractivity contribution in [3.63, 3.8) is 0 Å². The summed E-state index contributed by atoms with van der Waals surface area (Å²) in [6, 6.07) is 4.58. The van der Waals surface area contributed by atoms with E-state index in [0.717, 1.165) is 50.8 Å². The Morgan fingerprint density at radius 1 is 1.07 bits per heavy atom. The zero-order valence-electron chi connectivity index (χ0n) is 24.3. The van der Waals surface area contributed by atoms with Crippen LogP contribution in [-0.4, -0.2) is 65.4 Å². The van der Waals surface area contributed by atoms with Gasteiger partial charge in [-0.3, -0.25) is 9.69 Å². The number of nitrogens with zero attached hydrogens (tertiary/aromatic N) is 1. The van der Waals surface area contributed by atoms with E-state index in [4.69, 9.17) is 16.3 Å². The maximum absolute atomic E-state index is 14.9. The molecule has 41 heavy (non-hydrogen) atoms. The third-order valence-corrected chi connectivity index (χ3v) is 13.4. The second-order valence-electron chi connectivity index (χ2n) is 14.5. The summed E-state index contributed by atoms with van der Waals surface area (Å²) >= 11 is 6.41. The Hall–Kier alpha value is -1.57. The van der Waals surface area contributed by atoms with Crippen LogP contribution in [0.15, 0.2) is 42.0 Å². The number of carbonyl (C=O) groups is 1. The third kappa shape index (κ3) is 3.76. The lowest BCUT2D eigenvalue weighted by molar-refractivity contribution is -0.180. The van der Waals surface area contributed by atoms with Crippen LogP contribution in [-0.2, 0) is 16.0 Å². The van der Waals surface area contributed by atoms with Gasteiger partial charge in [0.05, 0.1) is 24.9 Å². The number of fused-ring (bicyclic) bond motifs is 1. The molecule has 7 aliphatic rings. The molecule has 5 nitrogen and oxygen atoms in total. The van der Waals surface area contributed by atoms with Gasteiger partial charge in [-0.15, -0.1) is 0 Å². The van der Waals surface area contributed by atoms with E-state index >= 15 is 0 Å². The first-order chi connectivity index (χ1) is 19.5. The maximum atomic E-state index is 14.9. The number of aliphatic hydroxyl groups is 2. The van der Waals surface area contributed by atoms with Crippen LogP contribution < -0.4 is 0 Å². The molecule has 0 aromatic heterocycles. The lowest BCUT2D eigenvalue weighted by Gasteiger charge is -2.71. The maximum Gasteiger partial charge on any atom is 0.164 e. The van der Waals surface area contributed by atoms with Crippen LogP contribution in [0.1, 0.15) is 64.4 Å². The molecule has 1 aliphatic heterocycles. The standard InChI is InChI=1S/C34H43ClFNO4/c1-30-9-6-22(38)19-32(30)12-13-34(24(20-32)27(39)18-23-25(35)4-3-5-26(23)36)28(30)7-10-31(2)29(34)8-11-33(31,40)21-37-14-16-41-17-15-37/h3-5,12-13,20,22,28-29,38,40H,6-11,14-19,21H2,1-2H3. The van der Waals surface area contributed by atoms with E-state index in [2.05, 4.69) is 37.0 Å². The molecule has 0 amide bonds. The summed E-state index contributed by atoms with van der Waals surface area (Å²) in [6.45, 7) is 8.31. The first-order valence-corrected chi connectivity index (χ1v) is 16.0. The number of benzene rings is 1. The number of hydrogen-bond donors (Lipinski definition) is 2. The molecule has 1 heterocycles. The first kappa shape index (κ1) is 28.2. The molecule has 1 saturated heterocycles. The minimum atomic E-state index is -0.860. The number of halogens is 2. The Kier molecular flexibility index (Phi) is 6.51. The van der Waals surface area contributed by atoms with E-state index in [0.29, 0.717) is 32.6 Å². The minimum Gasteiger partial charge on any atom is -0.393 e. The van der Waals surface area contributed by atoms with Gasteiger partial charge in [0.15, 0.2) is 5.78 Å². The zero-order chi connectivity index (χ0) is 28.8. The van der Waals surface area contributed by atoms with E-state index in [9.17, 15) is 19.4 Å². The summed E-state index contributed by atoms with van der Waals surface area (Å²) in [5.41, 5.74) is -1.25. The number of morpholine rings is 1.